The van der Waals surface area contributed by atoms with Gasteiger partial charge in [0, 0.05) is 24.0 Å². The average molecular weight is 373 g/mol. The van der Waals surface area contributed by atoms with Crippen LogP contribution in [0.4, 0.5) is 5.13 Å². The molecule has 1 aromatic heterocycles. The summed E-state index contributed by atoms with van der Waals surface area (Å²) < 4.78 is 7.06. The van der Waals surface area contributed by atoms with Crippen LogP contribution in [-0.4, -0.2) is 36.4 Å². The molecule has 2 aromatic carbocycles. The predicted octanol–water partition coefficient (Wildman–Crippen LogP) is 3.92. The zero-order chi connectivity index (χ0) is 17.0. The molecule has 2 aliphatic heterocycles. The summed E-state index contributed by atoms with van der Waals surface area (Å²) in [4.78, 5) is 7.06. The third-order valence-electron chi connectivity index (χ3n) is 5.38. The normalized spacial score (nSPS) is 24.9. The number of halogens is 1. The van der Waals surface area contributed by atoms with E-state index in [1.807, 2.05) is 36.4 Å². The molecule has 0 amide bonds. The SMILES string of the molecule is OC[C@]12COc3ccccc3[C@H]1CN(c1nc3ccc(Cl)cc3s1)C2. The number of fused-ring (bicyclic) bond motifs is 4. The number of aliphatic hydroxyl groups excluding tert-OH is 1. The molecule has 0 bridgehead atoms. The summed E-state index contributed by atoms with van der Waals surface area (Å²) in [6.45, 7) is 2.24. The summed E-state index contributed by atoms with van der Waals surface area (Å²) in [5.41, 5.74) is 1.88. The number of hydrogen-bond donors (Lipinski definition) is 1. The van der Waals surface area contributed by atoms with Crippen LogP contribution in [-0.2, 0) is 0 Å². The van der Waals surface area contributed by atoms with Crippen molar-refractivity contribution in [3.05, 3.63) is 53.1 Å². The van der Waals surface area contributed by atoms with E-state index in [1.54, 1.807) is 11.3 Å². The fraction of sp³-hybridized carbons (Fsp3) is 0.316. The van der Waals surface area contributed by atoms with Gasteiger partial charge in [-0.25, -0.2) is 4.98 Å². The molecule has 3 aromatic rings. The van der Waals surface area contributed by atoms with E-state index in [0.717, 1.165) is 39.2 Å². The molecule has 25 heavy (non-hydrogen) atoms. The zero-order valence-electron chi connectivity index (χ0n) is 13.5. The quantitative estimate of drug-likeness (QED) is 0.740. The topological polar surface area (TPSA) is 45.6 Å². The molecule has 1 fully saturated rings. The van der Waals surface area contributed by atoms with Gasteiger partial charge in [-0.3, -0.25) is 0 Å². The lowest BCUT2D eigenvalue weighted by Crippen LogP contribution is -2.42. The van der Waals surface area contributed by atoms with Gasteiger partial charge in [-0.1, -0.05) is 41.1 Å². The standard InChI is InChI=1S/C19H17ClN2O2S/c20-12-5-6-15-17(7-12)25-18(21-15)22-8-14-13-3-1-2-4-16(13)24-11-19(14,9-22)10-23/h1-7,14,23H,8-11H2/t14-,19-/m1/s1. The van der Waals surface area contributed by atoms with Crippen molar-refractivity contribution in [1.29, 1.82) is 0 Å². The highest BCUT2D eigenvalue weighted by Crippen LogP contribution is 2.50. The highest BCUT2D eigenvalue weighted by atomic mass is 35.5. The van der Waals surface area contributed by atoms with Crippen molar-refractivity contribution < 1.29 is 9.84 Å². The molecule has 1 saturated heterocycles. The molecule has 2 atom stereocenters. The van der Waals surface area contributed by atoms with Crippen LogP contribution in [0.2, 0.25) is 5.02 Å². The zero-order valence-corrected chi connectivity index (χ0v) is 15.1. The van der Waals surface area contributed by atoms with Crippen LogP contribution in [0.1, 0.15) is 11.5 Å². The molecule has 128 valence electrons. The van der Waals surface area contributed by atoms with E-state index in [1.165, 1.54) is 5.56 Å². The lowest BCUT2D eigenvalue weighted by molar-refractivity contribution is 0.0535. The van der Waals surface area contributed by atoms with E-state index in [4.69, 9.17) is 21.3 Å². The molecular weight excluding hydrogens is 356 g/mol. The van der Waals surface area contributed by atoms with E-state index in [2.05, 4.69) is 11.0 Å². The lowest BCUT2D eigenvalue weighted by atomic mass is 9.74. The smallest absolute Gasteiger partial charge is 0.186 e. The Morgan fingerprint density at radius 2 is 2.20 bits per heavy atom. The van der Waals surface area contributed by atoms with Crippen molar-refractivity contribution in [1.82, 2.24) is 4.98 Å². The summed E-state index contributed by atoms with van der Waals surface area (Å²) in [6.07, 6.45) is 0. The van der Waals surface area contributed by atoms with Crippen molar-refractivity contribution >= 4 is 38.3 Å². The van der Waals surface area contributed by atoms with Gasteiger partial charge in [0.15, 0.2) is 5.13 Å². The monoisotopic (exact) mass is 372 g/mol. The molecule has 0 spiro atoms. The maximum absolute atomic E-state index is 10.2. The molecule has 0 aliphatic carbocycles. The number of aromatic nitrogens is 1. The first-order valence-corrected chi connectivity index (χ1v) is 9.52. The van der Waals surface area contributed by atoms with Crippen LogP contribution < -0.4 is 9.64 Å². The Morgan fingerprint density at radius 3 is 3.08 bits per heavy atom. The lowest BCUT2D eigenvalue weighted by Gasteiger charge is -2.37. The number of rotatable bonds is 2. The Bertz CT molecular complexity index is 960. The van der Waals surface area contributed by atoms with Crippen molar-refractivity contribution in [2.75, 3.05) is 31.2 Å². The minimum Gasteiger partial charge on any atom is -0.493 e. The van der Waals surface area contributed by atoms with Crippen LogP contribution in [0.3, 0.4) is 0 Å². The van der Waals surface area contributed by atoms with Gasteiger partial charge in [0.2, 0.25) is 0 Å². The molecule has 3 heterocycles. The maximum Gasteiger partial charge on any atom is 0.186 e. The second kappa shape index (κ2) is 5.59. The van der Waals surface area contributed by atoms with Crippen LogP contribution in [0.25, 0.3) is 10.2 Å². The Balaban J connectivity index is 1.55. The van der Waals surface area contributed by atoms with Gasteiger partial charge in [0.1, 0.15) is 5.75 Å². The van der Waals surface area contributed by atoms with Crippen molar-refractivity contribution in [2.45, 2.75) is 5.92 Å². The average Bonchev–Trinajstić information content (AvgIpc) is 3.23. The predicted molar refractivity (Wildman–Crippen MR) is 101 cm³/mol. The van der Waals surface area contributed by atoms with Crippen molar-refractivity contribution in [3.8, 4) is 5.75 Å². The molecule has 2 aliphatic rings. The van der Waals surface area contributed by atoms with E-state index >= 15 is 0 Å². The van der Waals surface area contributed by atoms with Gasteiger partial charge in [-0.2, -0.15) is 0 Å². The van der Waals surface area contributed by atoms with Crippen LogP contribution in [0, 0.1) is 5.41 Å². The number of aliphatic hydroxyl groups is 1. The molecule has 0 saturated carbocycles. The van der Waals surface area contributed by atoms with Crippen LogP contribution >= 0.6 is 22.9 Å². The minimum atomic E-state index is -0.274. The Kier molecular flexibility index (Phi) is 3.45. The number of thiazole rings is 1. The molecule has 1 N–H and O–H groups in total. The molecule has 0 unspecified atom stereocenters. The first kappa shape index (κ1) is 15.4. The highest BCUT2D eigenvalue weighted by Gasteiger charge is 2.51. The highest BCUT2D eigenvalue weighted by molar-refractivity contribution is 7.22. The van der Waals surface area contributed by atoms with Gasteiger partial charge in [-0.15, -0.1) is 0 Å². The number of hydrogen-bond acceptors (Lipinski definition) is 5. The molecule has 6 heteroatoms. The third-order valence-corrected chi connectivity index (χ3v) is 6.70. The largest absolute Gasteiger partial charge is 0.493 e. The molecule has 0 radical (unpaired) electrons. The van der Waals surface area contributed by atoms with E-state index in [9.17, 15) is 5.11 Å². The van der Waals surface area contributed by atoms with E-state index < -0.39 is 0 Å². The van der Waals surface area contributed by atoms with E-state index in [-0.39, 0.29) is 17.9 Å². The first-order valence-electron chi connectivity index (χ1n) is 8.32. The number of para-hydroxylation sites is 1. The van der Waals surface area contributed by atoms with Crippen molar-refractivity contribution in [3.63, 3.8) is 0 Å². The summed E-state index contributed by atoms with van der Waals surface area (Å²) in [5.74, 6) is 1.19. The summed E-state index contributed by atoms with van der Waals surface area (Å²) >= 11 is 7.76. The van der Waals surface area contributed by atoms with Gasteiger partial charge < -0.3 is 14.7 Å². The summed E-state index contributed by atoms with van der Waals surface area (Å²) in [5, 5.41) is 11.9. The van der Waals surface area contributed by atoms with Crippen LogP contribution in [0.15, 0.2) is 42.5 Å². The molecular formula is C19H17ClN2O2S. The van der Waals surface area contributed by atoms with Gasteiger partial charge in [0.05, 0.1) is 28.8 Å². The first-order chi connectivity index (χ1) is 12.2. The maximum atomic E-state index is 10.2. The molecule has 5 rings (SSSR count). The number of ether oxygens (including phenoxy) is 1. The minimum absolute atomic E-state index is 0.110. The fourth-order valence-electron chi connectivity index (χ4n) is 4.04. The van der Waals surface area contributed by atoms with E-state index in [0.29, 0.717) is 6.61 Å². The fourth-order valence-corrected chi connectivity index (χ4v) is 5.29. The summed E-state index contributed by atoms with van der Waals surface area (Å²) in [6, 6.07) is 14.0. The second-order valence-corrected chi connectivity index (χ2v) is 8.33. The number of nitrogens with zero attached hydrogens (tertiary/aromatic N) is 2. The van der Waals surface area contributed by atoms with Gasteiger partial charge >= 0.3 is 0 Å². The third kappa shape index (κ3) is 2.34. The summed E-state index contributed by atoms with van der Waals surface area (Å²) in [7, 11) is 0. The Morgan fingerprint density at radius 1 is 1.32 bits per heavy atom. The second-order valence-electron chi connectivity index (χ2n) is 6.89. The Labute approximate surface area is 154 Å². The van der Waals surface area contributed by atoms with Crippen LogP contribution in [0.5, 0.6) is 5.75 Å². The number of anilines is 1. The Hall–Kier alpha value is -1.82. The molecule has 4 nitrogen and oxygen atoms in total. The van der Waals surface area contributed by atoms with Crippen molar-refractivity contribution in [2.24, 2.45) is 5.41 Å². The van der Waals surface area contributed by atoms with Gasteiger partial charge in [-0.05, 0) is 29.8 Å². The number of benzene rings is 2. The van der Waals surface area contributed by atoms with Gasteiger partial charge in [0.25, 0.3) is 0 Å².